The van der Waals surface area contributed by atoms with Gasteiger partial charge in [-0.25, -0.2) is 0 Å². The number of aliphatic carboxylic acids is 1. The van der Waals surface area contributed by atoms with E-state index in [4.69, 9.17) is 5.11 Å². The summed E-state index contributed by atoms with van der Waals surface area (Å²) in [5.74, 6) is -0.920. The van der Waals surface area contributed by atoms with Crippen molar-refractivity contribution in [3.05, 3.63) is 35.4 Å². The van der Waals surface area contributed by atoms with Gasteiger partial charge in [-0.3, -0.25) is 9.59 Å². The van der Waals surface area contributed by atoms with Crippen LogP contribution in [0.15, 0.2) is 24.3 Å². The van der Waals surface area contributed by atoms with Gasteiger partial charge in [0.05, 0.1) is 0 Å². The number of rotatable bonds is 5. The number of benzene rings is 1. The van der Waals surface area contributed by atoms with Crippen molar-refractivity contribution in [2.45, 2.75) is 32.7 Å². The zero-order valence-electron chi connectivity index (χ0n) is 10.1. The van der Waals surface area contributed by atoms with Gasteiger partial charge in [0.15, 0.2) is 0 Å². The molecule has 2 N–H and O–H groups in total. The molecule has 1 rings (SSSR count). The lowest BCUT2D eigenvalue weighted by Crippen LogP contribution is -2.29. The lowest BCUT2D eigenvalue weighted by molar-refractivity contribution is -0.136. The molecule has 92 valence electrons. The maximum Gasteiger partial charge on any atom is 0.303 e. The van der Waals surface area contributed by atoms with Crippen molar-refractivity contribution in [2.24, 2.45) is 0 Å². The third kappa shape index (κ3) is 4.68. The summed E-state index contributed by atoms with van der Waals surface area (Å²) in [5.41, 5.74) is 1.52. The van der Waals surface area contributed by atoms with Gasteiger partial charge in [0.2, 0.25) is 0 Å². The summed E-state index contributed by atoms with van der Waals surface area (Å²) >= 11 is 0. The summed E-state index contributed by atoms with van der Waals surface area (Å²) in [5, 5.41) is 11.3. The summed E-state index contributed by atoms with van der Waals surface area (Å²) < 4.78 is 0. The average Bonchev–Trinajstić information content (AvgIpc) is 2.26. The average molecular weight is 235 g/mol. The minimum atomic E-state index is -0.813. The summed E-state index contributed by atoms with van der Waals surface area (Å²) in [7, 11) is 0. The third-order valence-corrected chi connectivity index (χ3v) is 2.26. The van der Waals surface area contributed by atoms with E-state index in [1.807, 2.05) is 13.8 Å². The predicted molar refractivity (Wildman–Crippen MR) is 65.0 cm³/mol. The standard InChI is InChI=1S/C13H17NO3/c1-9(2)14-13(17)11-6-3-10(4-7-11)5-8-12(15)16/h3-4,6-7,9H,5,8H2,1-2H3,(H,14,17)(H,15,16). The predicted octanol–water partition coefficient (Wildman–Crippen LogP) is 1.84. The SMILES string of the molecule is CC(C)NC(=O)c1ccc(CCC(=O)O)cc1. The van der Waals surface area contributed by atoms with E-state index in [0.717, 1.165) is 5.56 Å². The molecule has 0 bridgehead atoms. The molecule has 0 atom stereocenters. The van der Waals surface area contributed by atoms with Crippen molar-refractivity contribution >= 4 is 11.9 Å². The number of carbonyl (C=O) groups is 2. The fraction of sp³-hybridized carbons (Fsp3) is 0.385. The van der Waals surface area contributed by atoms with Crippen LogP contribution in [0.3, 0.4) is 0 Å². The molecule has 1 amide bonds. The molecule has 0 aliphatic carbocycles. The van der Waals surface area contributed by atoms with Crippen molar-refractivity contribution in [3.8, 4) is 0 Å². The second-order valence-corrected chi connectivity index (χ2v) is 4.22. The number of carbonyl (C=O) groups excluding carboxylic acids is 1. The Morgan fingerprint density at radius 1 is 1.24 bits per heavy atom. The quantitative estimate of drug-likeness (QED) is 0.818. The maximum absolute atomic E-state index is 11.6. The lowest BCUT2D eigenvalue weighted by atomic mass is 10.1. The molecule has 0 aliphatic rings. The maximum atomic E-state index is 11.6. The Hall–Kier alpha value is -1.84. The molecule has 0 radical (unpaired) electrons. The van der Waals surface area contributed by atoms with Crippen LogP contribution in [0.25, 0.3) is 0 Å². The normalized spacial score (nSPS) is 10.3. The van der Waals surface area contributed by atoms with E-state index in [1.165, 1.54) is 0 Å². The summed E-state index contributed by atoms with van der Waals surface area (Å²) in [6.07, 6.45) is 0.596. The largest absolute Gasteiger partial charge is 0.481 e. The van der Waals surface area contributed by atoms with Crippen LogP contribution >= 0.6 is 0 Å². The zero-order chi connectivity index (χ0) is 12.8. The fourth-order valence-electron chi connectivity index (χ4n) is 1.42. The van der Waals surface area contributed by atoms with Gasteiger partial charge in [0.1, 0.15) is 0 Å². The molecule has 0 unspecified atom stereocenters. The first-order valence-corrected chi connectivity index (χ1v) is 5.60. The van der Waals surface area contributed by atoms with Gasteiger partial charge in [-0.1, -0.05) is 12.1 Å². The van der Waals surface area contributed by atoms with Gasteiger partial charge in [-0.15, -0.1) is 0 Å². The lowest BCUT2D eigenvalue weighted by Gasteiger charge is -2.08. The Bertz CT molecular complexity index is 396. The Kier molecular flexibility index (Phi) is 4.69. The smallest absolute Gasteiger partial charge is 0.303 e. The molecule has 17 heavy (non-hydrogen) atoms. The highest BCUT2D eigenvalue weighted by Crippen LogP contribution is 2.07. The zero-order valence-corrected chi connectivity index (χ0v) is 10.1. The van der Waals surface area contributed by atoms with Crippen LogP contribution in [0.5, 0.6) is 0 Å². The Morgan fingerprint density at radius 2 is 1.82 bits per heavy atom. The number of amides is 1. The van der Waals surface area contributed by atoms with Gasteiger partial charge in [-0.2, -0.15) is 0 Å². The molecule has 0 heterocycles. The molecule has 1 aromatic rings. The highest BCUT2D eigenvalue weighted by molar-refractivity contribution is 5.94. The molecule has 0 aromatic heterocycles. The van der Waals surface area contributed by atoms with Gasteiger partial charge >= 0.3 is 5.97 Å². The molecule has 4 heteroatoms. The molecule has 0 fully saturated rings. The number of hydrogen-bond acceptors (Lipinski definition) is 2. The summed E-state index contributed by atoms with van der Waals surface area (Å²) in [6.45, 7) is 3.80. The molecule has 0 spiro atoms. The molecule has 1 aromatic carbocycles. The Labute approximate surface area is 101 Å². The molecule has 0 saturated carbocycles. The van der Waals surface area contributed by atoms with Crippen LogP contribution in [0.4, 0.5) is 0 Å². The first kappa shape index (κ1) is 13.2. The monoisotopic (exact) mass is 235 g/mol. The Balaban J connectivity index is 2.61. The summed E-state index contributed by atoms with van der Waals surface area (Å²) in [6, 6.07) is 7.12. The highest BCUT2D eigenvalue weighted by Gasteiger charge is 2.06. The van der Waals surface area contributed by atoms with E-state index in [9.17, 15) is 9.59 Å². The minimum absolute atomic E-state index is 0.106. The van der Waals surface area contributed by atoms with E-state index >= 15 is 0 Å². The molecule has 0 saturated heterocycles. The molecular formula is C13H17NO3. The van der Waals surface area contributed by atoms with Gasteiger partial charge in [0, 0.05) is 18.0 Å². The number of aryl methyl sites for hydroxylation is 1. The second kappa shape index (κ2) is 6.03. The Morgan fingerprint density at radius 3 is 2.29 bits per heavy atom. The van der Waals surface area contributed by atoms with E-state index in [-0.39, 0.29) is 18.4 Å². The van der Waals surface area contributed by atoms with Crippen LogP contribution in [0.1, 0.15) is 36.2 Å². The van der Waals surface area contributed by atoms with E-state index in [2.05, 4.69) is 5.32 Å². The topological polar surface area (TPSA) is 66.4 Å². The van der Waals surface area contributed by atoms with E-state index in [1.54, 1.807) is 24.3 Å². The number of nitrogens with one attached hydrogen (secondary N) is 1. The van der Waals surface area contributed by atoms with Gasteiger partial charge in [0.25, 0.3) is 5.91 Å². The van der Waals surface area contributed by atoms with Gasteiger partial charge < -0.3 is 10.4 Å². The summed E-state index contributed by atoms with van der Waals surface area (Å²) in [4.78, 5) is 22.0. The fourth-order valence-corrected chi connectivity index (χ4v) is 1.42. The van der Waals surface area contributed by atoms with Crippen LogP contribution in [-0.4, -0.2) is 23.0 Å². The van der Waals surface area contributed by atoms with Crippen molar-refractivity contribution in [3.63, 3.8) is 0 Å². The van der Waals surface area contributed by atoms with Crippen LogP contribution < -0.4 is 5.32 Å². The van der Waals surface area contributed by atoms with Crippen LogP contribution in [0, 0.1) is 0 Å². The number of carboxylic acid groups (broad SMARTS) is 1. The minimum Gasteiger partial charge on any atom is -0.481 e. The first-order chi connectivity index (χ1) is 7.99. The number of carboxylic acids is 1. The molecule has 0 aliphatic heterocycles. The van der Waals surface area contributed by atoms with E-state index in [0.29, 0.717) is 12.0 Å². The van der Waals surface area contributed by atoms with Crippen LogP contribution in [-0.2, 0) is 11.2 Å². The van der Waals surface area contributed by atoms with Crippen LogP contribution in [0.2, 0.25) is 0 Å². The number of hydrogen-bond donors (Lipinski definition) is 2. The van der Waals surface area contributed by atoms with Gasteiger partial charge in [-0.05, 0) is 38.0 Å². The highest BCUT2D eigenvalue weighted by atomic mass is 16.4. The van der Waals surface area contributed by atoms with Crippen molar-refractivity contribution in [1.29, 1.82) is 0 Å². The first-order valence-electron chi connectivity index (χ1n) is 5.60. The van der Waals surface area contributed by atoms with Crippen molar-refractivity contribution in [1.82, 2.24) is 5.32 Å². The van der Waals surface area contributed by atoms with E-state index < -0.39 is 5.97 Å². The molecular weight excluding hydrogens is 218 g/mol. The second-order valence-electron chi connectivity index (χ2n) is 4.22. The van der Waals surface area contributed by atoms with Crippen molar-refractivity contribution in [2.75, 3.05) is 0 Å². The molecule has 4 nitrogen and oxygen atoms in total. The third-order valence-electron chi connectivity index (χ3n) is 2.26. The van der Waals surface area contributed by atoms with Crippen molar-refractivity contribution < 1.29 is 14.7 Å².